The summed E-state index contributed by atoms with van der Waals surface area (Å²) in [6, 6.07) is 0.148. The minimum absolute atomic E-state index is 0. The smallest absolute Gasteiger partial charge is 0.326 e. The normalized spacial score (nSPS) is 21.5. The maximum atomic E-state index is 12.3. The number of alkyl halides is 3. The summed E-state index contributed by atoms with van der Waals surface area (Å²) in [6.07, 6.45) is -2.12. The van der Waals surface area contributed by atoms with E-state index in [0.29, 0.717) is 22.8 Å². The minimum Gasteiger partial charge on any atom is -0.326 e. The van der Waals surface area contributed by atoms with Gasteiger partial charge >= 0.3 is 6.18 Å². The molecule has 2 N–H and O–H groups in total. The molecule has 2 rings (SSSR count). The van der Waals surface area contributed by atoms with E-state index in [2.05, 4.69) is 9.88 Å². The highest BCUT2D eigenvalue weighted by molar-refractivity contribution is 7.11. The maximum absolute atomic E-state index is 12.3. The predicted molar refractivity (Wildman–Crippen MR) is 62.2 cm³/mol. The first kappa shape index (κ1) is 14.7. The Morgan fingerprint density at radius 3 is 2.71 bits per heavy atom. The number of thiazole rings is 1. The second kappa shape index (κ2) is 5.51. The van der Waals surface area contributed by atoms with Crippen molar-refractivity contribution in [1.29, 1.82) is 0 Å². The Balaban J connectivity index is 0.00000144. The third-order valence-electron chi connectivity index (χ3n) is 2.48. The topological polar surface area (TPSA) is 42.1 Å². The van der Waals surface area contributed by atoms with Gasteiger partial charge in [-0.2, -0.15) is 13.2 Å². The molecule has 0 aliphatic carbocycles. The van der Waals surface area contributed by atoms with Gasteiger partial charge in [0.15, 0.2) is 5.01 Å². The molecule has 1 aliphatic heterocycles. The molecule has 0 unspecified atom stereocenters. The van der Waals surface area contributed by atoms with Crippen molar-refractivity contribution in [3.8, 4) is 0 Å². The molecule has 0 spiro atoms. The van der Waals surface area contributed by atoms with Gasteiger partial charge in [-0.3, -0.25) is 4.90 Å². The molecule has 1 aromatic rings. The summed E-state index contributed by atoms with van der Waals surface area (Å²) in [4.78, 5) is 6.08. The quantitative estimate of drug-likeness (QED) is 0.906. The molecule has 1 saturated heterocycles. The molecule has 2 heterocycles. The molecule has 17 heavy (non-hydrogen) atoms. The van der Waals surface area contributed by atoms with Crippen molar-refractivity contribution in [2.75, 3.05) is 13.1 Å². The van der Waals surface area contributed by atoms with Crippen LogP contribution in [-0.2, 0) is 12.7 Å². The molecule has 1 aliphatic rings. The van der Waals surface area contributed by atoms with Gasteiger partial charge in [0.25, 0.3) is 0 Å². The first-order chi connectivity index (χ1) is 7.45. The fraction of sp³-hybridized carbons (Fsp3) is 0.667. The molecule has 0 aromatic carbocycles. The van der Waals surface area contributed by atoms with E-state index < -0.39 is 11.2 Å². The molecule has 3 nitrogen and oxygen atoms in total. The summed E-state index contributed by atoms with van der Waals surface area (Å²) in [5.41, 5.74) is 5.72. The SMILES string of the molecule is Cl.N[C@H]1CCN(Cc2cnc(C(F)(F)F)s2)C1. The predicted octanol–water partition coefficient (Wildman–Crippen LogP) is 2.12. The third kappa shape index (κ3) is 3.80. The maximum Gasteiger partial charge on any atom is 0.443 e. The molecule has 1 aromatic heterocycles. The molecule has 0 bridgehead atoms. The summed E-state index contributed by atoms with van der Waals surface area (Å²) in [6.45, 7) is 2.11. The van der Waals surface area contributed by atoms with Gasteiger partial charge < -0.3 is 5.73 Å². The van der Waals surface area contributed by atoms with Crippen LogP contribution in [0.2, 0.25) is 0 Å². The van der Waals surface area contributed by atoms with E-state index in [9.17, 15) is 13.2 Å². The van der Waals surface area contributed by atoms with Crippen LogP contribution in [-0.4, -0.2) is 29.0 Å². The summed E-state index contributed by atoms with van der Waals surface area (Å²) < 4.78 is 36.9. The highest BCUT2D eigenvalue weighted by Crippen LogP contribution is 2.32. The molecular weight excluding hydrogens is 275 g/mol. The number of rotatable bonds is 2. The number of likely N-dealkylation sites (tertiary alicyclic amines) is 1. The van der Waals surface area contributed by atoms with Gasteiger partial charge in [-0.15, -0.1) is 23.7 Å². The van der Waals surface area contributed by atoms with E-state index in [1.807, 2.05) is 0 Å². The van der Waals surface area contributed by atoms with Gasteiger partial charge in [-0.25, -0.2) is 4.98 Å². The van der Waals surface area contributed by atoms with E-state index in [-0.39, 0.29) is 18.4 Å². The third-order valence-corrected chi connectivity index (χ3v) is 3.51. The Morgan fingerprint density at radius 1 is 1.53 bits per heavy atom. The van der Waals surface area contributed by atoms with Crippen LogP contribution in [0.4, 0.5) is 13.2 Å². The lowest BCUT2D eigenvalue weighted by Gasteiger charge is -2.12. The number of hydrogen-bond acceptors (Lipinski definition) is 4. The summed E-state index contributed by atoms with van der Waals surface area (Å²) in [5, 5.41) is -0.772. The van der Waals surface area contributed by atoms with Crippen molar-refractivity contribution in [2.24, 2.45) is 5.73 Å². The lowest BCUT2D eigenvalue weighted by Crippen LogP contribution is -2.25. The van der Waals surface area contributed by atoms with Crippen LogP contribution in [0.3, 0.4) is 0 Å². The van der Waals surface area contributed by atoms with E-state index in [4.69, 9.17) is 5.73 Å². The Bertz CT molecular complexity index is 369. The molecule has 0 radical (unpaired) electrons. The summed E-state index contributed by atoms with van der Waals surface area (Å²) in [7, 11) is 0. The van der Waals surface area contributed by atoms with Crippen LogP contribution in [0.1, 0.15) is 16.3 Å². The van der Waals surface area contributed by atoms with Crippen molar-refractivity contribution >= 4 is 23.7 Å². The Morgan fingerprint density at radius 2 is 2.24 bits per heavy atom. The van der Waals surface area contributed by atoms with Crippen molar-refractivity contribution in [3.05, 3.63) is 16.1 Å². The first-order valence-electron chi connectivity index (χ1n) is 4.95. The number of aromatic nitrogens is 1. The average molecular weight is 288 g/mol. The van der Waals surface area contributed by atoms with Crippen molar-refractivity contribution < 1.29 is 13.2 Å². The van der Waals surface area contributed by atoms with Crippen LogP contribution in [0, 0.1) is 0 Å². The highest BCUT2D eigenvalue weighted by atomic mass is 35.5. The van der Waals surface area contributed by atoms with Gasteiger partial charge in [-0.05, 0) is 6.42 Å². The van der Waals surface area contributed by atoms with Crippen LogP contribution in [0.5, 0.6) is 0 Å². The van der Waals surface area contributed by atoms with Crippen LogP contribution in [0.15, 0.2) is 6.20 Å². The fourth-order valence-electron chi connectivity index (χ4n) is 1.74. The Kier molecular flexibility index (Phi) is 4.77. The minimum atomic E-state index is -4.33. The number of hydrogen-bond donors (Lipinski definition) is 1. The number of nitrogens with two attached hydrogens (primary N) is 1. The van der Waals surface area contributed by atoms with Gasteiger partial charge in [0.05, 0.1) is 0 Å². The molecule has 0 amide bonds. The van der Waals surface area contributed by atoms with Crippen molar-refractivity contribution in [2.45, 2.75) is 25.2 Å². The largest absolute Gasteiger partial charge is 0.443 e. The standard InChI is InChI=1S/C9H12F3N3S.ClH/c10-9(11,12)8-14-3-7(16-8)5-15-2-1-6(13)4-15;/h3,6H,1-2,4-5,13H2;1H/t6-;/m0./s1. The number of nitrogens with zero attached hydrogens (tertiary/aromatic N) is 2. The average Bonchev–Trinajstić information content (AvgIpc) is 2.74. The Labute approximate surface area is 107 Å². The summed E-state index contributed by atoms with van der Waals surface area (Å²) in [5.74, 6) is 0. The molecule has 1 fully saturated rings. The molecule has 1 atom stereocenters. The fourth-order valence-corrected chi connectivity index (χ4v) is 2.56. The molecule has 0 saturated carbocycles. The van der Waals surface area contributed by atoms with E-state index in [1.165, 1.54) is 6.20 Å². The van der Waals surface area contributed by atoms with Crippen LogP contribution >= 0.6 is 23.7 Å². The molecular formula is C9H13ClF3N3S. The van der Waals surface area contributed by atoms with Crippen LogP contribution < -0.4 is 5.73 Å². The lowest BCUT2D eigenvalue weighted by molar-refractivity contribution is -0.137. The monoisotopic (exact) mass is 287 g/mol. The second-order valence-electron chi connectivity index (χ2n) is 3.91. The van der Waals surface area contributed by atoms with Gasteiger partial charge in [-0.1, -0.05) is 0 Å². The highest BCUT2D eigenvalue weighted by Gasteiger charge is 2.34. The zero-order chi connectivity index (χ0) is 11.8. The zero-order valence-corrected chi connectivity index (χ0v) is 10.5. The molecule has 8 heteroatoms. The van der Waals surface area contributed by atoms with Crippen LogP contribution in [0.25, 0.3) is 0 Å². The van der Waals surface area contributed by atoms with E-state index >= 15 is 0 Å². The van der Waals surface area contributed by atoms with Gasteiger partial charge in [0, 0.05) is 36.8 Å². The van der Waals surface area contributed by atoms with Gasteiger partial charge in [0.2, 0.25) is 0 Å². The summed E-state index contributed by atoms with van der Waals surface area (Å²) >= 11 is 0.709. The Hall–Kier alpha value is -0.370. The number of halogens is 4. The van der Waals surface area contributed by atoms with E-state index in [0.717, 1.165) is 19.5 Å². The molecule has 98 valence electrons. The van der Waals surface area contributed by atoms with Gasteiger partial charge in [0.1, 0.15) is 0 Å². The van der Waals surface area contributed by atoms with E-state index in [1.54, 1.807) is 0 Å². The second-order valence-corrected chi connectivity index (χ2v) is 5.03. The zero-order valence-electron chi connectivity index (χ0n) is 8.91. The first-order valence-corrected chi connectivity index (χ1v) is 5.76. The van der Waals surface area contributed by atoms with Crippen molar-refractivity contribution in [1.82, 2.24) is 9.88 Å². The lowest BCUT2D eigenvalue weighted by atomic mass is 10.3. The van der Waals surface area contributed by atoms with Crippen molar-refractivity contribution in [3.63, 3.8) is 0 Å².